The molecule has 2 amide bonds. The SMILES string of the molecule is Cc1cc(Br)ccc1NC(=O)CNC(=O)c1cccc(C)c1O. The highest BCUT2D eigenvalue weighted by atomic mass is 79.9. The Balaban J connectivity index is 1.96. The summed E-state index contributed by atoms with van der Waals surface area (Å²) in [7, 11) is 0. The third-order valence-corrected chi connectivity index (χ3v) is 3.85. The molecule has 0 spiro atoms. The summed E-state index contributed by atoms with van der Waals surface area (Å²) >= 11 is 3.36. The topological polar surface area (TPSA) is 78.4 Å². The van der Waals surface area contributed by atoms with Crippen LogP contribution in [0.25, 0.3) is 0 Å². The van der Waals surface area contributed by atoms with Crippen LogP contribution < -0.4 is 10.6 Å². The number of hydrogen-bond acceptors (Lipinski definition) is 3. The number of carbonyl (C=O) groups excluding carboxylic acids is 2. The molecule has 0 bridgehead atoms. The van der Waals surface area contributed by atoms with Gasteiger partial charge in [-0.2, -0.15) is 0 Å². The molecule has 0 aromatic heterocycles. The zero-order valence-corrected chi connectivity index (χ0v) is 14.4. The summed E-state index contributed by atoms with van der Waals surface area (Å²) in [6, 6.07) is 10.4. The van der Waals surface area contributed by atoms with Crippen LogP contribution in [0.3, 0.4) is 0 Å². The Morgan fingerprint density at radius 3 is 2.57 bits per heavy atom. The van der Waals surface area contributed by atoms with E-state index in [4.69, 9.17) is 0 Å². The lowest BCUT2D eigenvalue weighted by molar-refractivity contribution is -0.115. The normalized spacial score (nSPS) is 10.2. The van der Waals surface area contributed by atoms with E-state index in [1.165, 1.54) is 6.07 Å². The maximum Gasteiger partial charge on any atom is 0.255 e. The quantitative estimate of drug-likeness (QED) is 0.766. The van der Waals surface area contributed by atoms with Crippen LogP contribution in [0.2, 0.25) is 0 Å². The molecule has 0 heterocycles. The second-order valence-corrected chi connectivity index (χ2v) is 6.08. The second kappa shape index (κ2) is 7.28. The van der Waals surface area contributed by atoms with Gasteiger partial charge in [-0.1, -0.05) is 28.1 Å². The van der Waals surface area contributed by atoms with Crippen LogP contribution in [0.1, 0.15) is 21.5 Å². The van der Waals surface area contributed by atoms with Gasteiger partial charge in [0.15, 0.2) is 0 Å². The summed E-state index contributed by atoms with van der Waals surface area (Å²) in [5.74, 6) is -0.904. The number of hydrogen-bond donors (Lipinski definition) is 3. The highest BCUT2D eigenvalue weighted by molar-refractivity contribution is 9.10. The first-order valence-corrected chi connectivity index (χ1v) is 7.80. The van der Waals surface area contributed by atoms with Gasteiger partial charge in [-0.3, -0.25) is 9.59 Å². The van der Waals surface area contributed by atoms with Gasteiger partial charge in [-0.15, -0.1) is 0 Å². The maximum absolute atomic E-state index is 12.0. The smallest absolute Gasteiger partial charge is 0.255 e. The number of phenolic OH excluding ortho intramolecular Hbond substituents is 1. The largest absolute Gasteiger partial charge is 0.507 e. The van der Waals surface area contributed by atoms with Crippen molar-refractivity contribution >= 4 is 33.4 Å². The van der Waals surface area contributed by atoms with Gasteiger partial charge in [0, 0.05) is 10.2 Å². The van der Waals surface area contributed by atoms with Crippen molar-refractivity contribution in [2.75, 3.05) is 11.9 Å². The van der Waals surface area contributed by atoms with Gasteiger partial charge >= 0.3 is 0 Å². The summed E-state index contributed by atoms with van der Waals surface area (Å²) < 4.78 is 0.927. The number of halogens is 1. The van der Waals surface area contributed by atoms with E-state index < -0.39 is 5.91 Å². The van der Waals surface area contributed by atoms with Crippen molar-refractivity contribution in [3.63, 3.8) is 0 Å². The van der Waals surface area contributed by atoms with Crippen LogP contribution in [0.5, 0.6) is 5.75 Å². The molecular formula is C17H17BrN2O3. The molecule has 2 rings (SSSR count). The van der Waals surface area contributed by atoms with Gasteiger partial charge in [0.25, 0.3) is 5.91 Å². The van der Waals surface area contributed by atoms with E-state index in [0.29, 0.717) is 11.3 Å². The lowest BCUT2D eigenvalue weighted by atomic mass is 10.1. The number of carbonyl (C=O) groups is 2. The number of phenols is 1. The fraction of sp³-hybridized carbons (Fsp3) is 0.176. The third-order valence-electron chi connectivity index (χ3n) is 3.35. The highest BCUT2D eigenvalue weighted by Crippen LogP contribution is 2.21. The molecule has 0 aliphatic rings. The Morgan fingerprint density at radius 1 is 1.13 bits per heavy atom. The number of nitrogens with one attached hydrogen (secondary N) is 2. The Labute approximate surface area is 142 Å². The lowest BCUT2D eigenvalue weighted by Gasteiger charge is -2.10. The summed E-state index contributed by atoms with van der Waals surface area (Å²) in [5.41, 5.74) is 2.35. The number of amides is 2. The van der Waals surface area contributed by atoms with Crippen molar-refractivity contribution in [1.29, 1.82) is 0 Å². The zero-order chi connectivity index (χ0) is 17.0. The van der Waals surface area contributed by atoms with Crippen LogP contribution in [0.15, 0.2) is 40.9 Å². The van der Waals surface area contributed by atoms with Crippen LogP contribution in [-0.4, -0.2) is 23.5 Å². The van der Waals surface area contributed by atoms with E-state index in [1.807, 2.05) is 19.1 Å². The Hall–Kier alpha value is -2.34. The Bertz CT molecular complexity index is 759. The summed E-state index contributed by atoms with van der Waals surface area (Å²) in [5, 5.41) is 15.1. The molecule has 23 heavy (non-hydrogen) atoms. The number of rotatable bonds is 4. The third kappa shape index (κ3) is 4.32. The van der Waals surface area contributed by atoms with E-state index in [-0.39, 0.29) is 23.8 Å². The summed E-state index contributed by atoms with van der Waals surface area (Å²) in [6.07, 6.45) is 0. The van der Waals surface area contributed by atoms with Gasteiger partial charge in [-0.05, 0) is 49.2 Å². The molecular weight excluding hydrogens is 360 g/mol. The molecule has 0 aliphatic carbocycles. The molecule has 3 N–H and O–H groups in total. The molecule has 0 unspecified atom stereocenters. The van der Waals surface area contributed by atoms with Gasteiger partial charge in [0.1, 0.15) is 5.75 Å². The number of aryl methyl sites for hydroxylation is 2. The van der Waals surface area contributed by atoms with Crippen LogP contribution in [0.4, 0.5) is 5.69 Å². The first-order chi connectivity index (χ1) is 10.9. The average molecular weight is 377 g/mol. The van der Waals surface area contributed by atoms with Gasteiger partial charge in [-0.25, -0.2) is 0 Å². The van der Waals surface area contributed by atoms with Crippen LogP contribution in [0, 0.1) is 13.8 Å². The standard InChI is InChI=1S/C17H17BrN2O3/c1-10-4-3-5-13(16(10)22)17(23)19-9-15(21)20-14-7-6-12(18)8-11(14)2/h3-8,22H,9H2,1-2H3,(H,19,23)(H,20,21). The van der Waals surface area contributed by atoms with Gasteiger partial charge in [0.2, 0.25) is 5.91 Å². The molecule has 0 atom stereocenters. The molecule has 2 aromatic carbocycles. The maximum atomic E-state index is 12.0. The minimum absolute atomic E-state index is 0.0748. The number of anilines is 1. The molecule has 5 nitrogen and oxygen atoms in total. The molecule has 0 saturated heterocycles. The molecule has 6 heteroatoms. The number of para-hydroxylation sites is 1. The van der Waals surface area contributed by atoms with Gasteiger partial charge in [0.05, 0.1) is 12.1 Å². The monoisotopic (exact) mass is 376 g/mol. The van der Waals surface area contributed by atoms with Crippen molar-refractivity contribution in [1.82, 2.24) is 5.32 Å². The highest BCUT2D eigenvalue weighted by Gasteiger charge is 2.13. The molecule has 0 fully saturated rings. The number of benzene rings is 2. The van der Waals surface area contributed by atoms with E-state index in [2.05, 4.69) is 26.6 Å². The van der Waals surface area contributed by atoms with E-state index in [1.54, 1.807) is 25.1 Å². The van der Waals surface area contributed by atoms with E-state index >= 15 is 0 Å². The molecule has 2 aromatic rings. The Morgan fingerprint density at radius 2 is 1.87 bits per heavy atom. The first kappa shape index (κ1) is 17.0. The molecule has 0 radical (unpaired) electrons. The van der Waals surface area contributed by atoms with Crippen LogP contribution >= 0.6 is 15.9 Å². The van der Waals surface area contributed by atoms with Crippen molar-refractivity contribution in [3.05, 3.63) is 57.6 Å². The first-order valence-electron chi connectivity index (χ1n) is 7.01. The lowest BCUT2D eigenvalue weighted by Crippen LogP contribution is -2.33. The Kier molecular flexibility index (Phi) is 5.39. The number of aromatic hydroxyl groups is 1. The molecule has 0 saturated carbocycles. The van der Waals surface area contributed by atoms with Crippen molar-refractivity contribution in [2.45, 2.75) is 13.8 Å². The van der Waals surface area contributed by atoms with E-state index in [9.17, 15) is 14.7 Å². The van der Waals surface area contributed by atoms with Crippen molar-refractivity contribution < 1.29 is 14.7 Å². The predicted molar refractivity (Wildman–Crippen MR) is 92.7 cm³/mol. The minimum Gasteiger partial charge on any atom is -0.507 e. The van der Waals surface area contributed by atoms with Crippen molar-refractivity contribution in [3.8, 4) is 5.75 Å². The fourth-order valence-electron chi connectivity index (χ4n) is 2.06. The second-order valence-electron chi connectivity index (χ2n) is 5.16. The van der Waals surface area contributed by atoms with Crippen molar-refractivity contribution in [2.24, 2.45) is 0 Å². The van der Waals surface area contributed by atoms with E-state index in [0.717, 1.165) is 10.0 Å². The predicted octanol–water partition coefficient (Wildman–Crippen LogP) is 3.14. The summed E-state index contributed by atoms with van der Waals surface area (Å²) in [6.45, 7) is 3.40. The van der Waals surface area contributed by atoms with Gasteiger partial charge < -0.3 is 15.7 Å². The zero-order valence-electron chi connectivity index (χ0n) is 12.8. The molecule has 120 valence electrons. The summed E-state index contributed by atoms with van der Waals surface area (Å²) in [4.78, 5) is 24.0. The van der Waals surface area contributed by atoms with Crippen LogP contribution in [-0.2, 0) is 4.79 Å². The minimum atomic E-state index is -0.492. The fourth-order valence-corrected chi connectivity index (χ4v) is 2.54. The molecule has 0 aliphatic heterocycles. The average Bonchev–Trinajstić information content (AvgIpc) is 2.50.